The fourth-order valence-electron chi connectivity index (χ4n) is 2.97. The molecule has 0 aliphatic carbocycles. The van der Waals surface area contributed by atoms with Crippen LogP contribution in [0.15, 0.2) is 48.7 Å². The van der Waals surface area contributed by atoms with Gasteiger partial charge in [-0.15, -0.1) is 0 Å². The first-order valence-corrected chi connectivity index (χ1v) is 9.45. The van der Waals surface area contributed by atoms with Crippen LogP contribution in [-0.2, 0) is 6.73 Å². The van der Waals surface area contributed by atoms with Crippen molar-refractivity contribution in [3.8, 4) is 17.2 Å². The first kappa shape index (κ1) is 22.5. The van der Waals surface area contributed by atoms with Crippen LogP contribution >= 0.6 is 0 Å². The van der Waals surface area contributed by atoms with Crippen LogP contribution in [0.3, 0.4) is 0 Å². The standard InChI is InChI=1S/C21H21FN4O6/c1-13(16-11-15(30-2)5-7-19(16)31-3)23-21(27)17-8-9-25(24-17)12-32-20-10-14(22)4-6-18(20)26(28)29/h4-11,13H,12H2,1-3H3,(H,23,27). The summed E-state index contributed by atoms with van der Waals surface area (Å²) in [6.45, 7) is 1.54. The molecule has 10 nitrogen and oxygen atoms in total. The van der Waals surface area contributed by atoms with Crippen molar-refractivity contribution in [2.75, 3.05) is 14.2 Å². The Kier molecular flexibility index (Phi) is 6.88. The number of carbonyl (C=O) groups excluding carboxylic acids is 1. The molecule has 1 unspecified atom stereocenters. The molecule has 1 aromatic heterocycles. The summed E-state index contributed by atoms with van der Waals surface area (Å²) in [6.07, 6.45) is 1.47. The second kappa shape index (κ2) is 9.77. The minimum atomic E-state index is -0.676. The smallest absolute Gasteiger partial charge is 0.311 e. The van der Waals surface area contributed by atoms with E-state index in [1.54, 1.807) is 32.2 Å². The van der Waals surface area contributed by atoms with E-state index in [1.165, 1.54) is 24.1 Å². The van der Waals surface area contributed by atoms with Crippen molar-refractivity contribution >= 4 is 11.6 Å². The first-order valence-electron chi connectivity index (χ1n) is 9.45. The Balaban J connectivity index is 1.68. The summed E-state index contributed by atoms with van der Waals surface area (Å²) in [7, 11) is 3.08. The van der Waals surface area contributed by atoms with E-state index in [9.17, 15) is 19.3 Å². The van der Waals surface area contributed by atoms with Gasteiger partial charge in [-0.25, -0.2) is 9.07 Å². The van der Waals surface area contributed by atoms with Gasteiger partial charge >= 0.3 is 5.69 Å². The van der Waals surface area contributed by atoms with E-state index < -0.39 is 22.7 Å². The molecule has 1 amide bonds. The molecule has 3 rings (SSSR count). The third kappa shape index (κ3) is 5.12. The molecule has 2 aromatic carbocycles. The zero-order valence-electron chi connectivity index (χ0n) is 17.6. The zero-order valence-corrected chi connectivity index (χ0v) is 17.6. The van der Waals surface area contributed by atoms with Crippen LogP contribution in [0.25, 0.3) is 0 Å². The molecular formula is C21H21FN4O6. The Bertz CT molecular complexity index is 1130. The Hall–Kier alpha value is -4.15. The van der Waals surface area contributed by atoms with E-state index in [1.807, 2.05) is 0 Å². The lowest BCUT2D eigenvalue weighted by atomic mass is 10.1. The molecule has 0 saturated carbocycles. The Labute approximate surface area is 182 Å². The SMILES string of the molecule is COc1ccc(OC)c(C(C)NC(=O)c2ccn(COc3cc(F)ccc3[N+](=O)[O-])n2)c1. The molecule has 168 valence electrons. The highest BCUT2D eigenvalue weighted by Gasteiger charge is 2.19. The molecule has 0 spiro atoms. The molecule has 0 saturated heterocycles. The van der Waals surface area contributed by atoms with Crippen molar-refractivity contribution in [2.45, 2.75) is 19.7 Å². The van der Waals surface area contributed by atoms with Gasteiger partial charge in [-0.05, 0) is 37.3 Å². The molecular weight excluding hydrogens is 423 g/mol. The van der Waals surface area contributed by atoms with Gasteiger partial charge in [0, 0.05) is 23.9 Å². The highest BCUT2D eigenvalue weighted by molar-refractivity contribution is 5.92. The van der Waals surface area contributed by atoms with Crippen LogP contribution in [0.2, 0.25) is 0 Å². The van der Waals surface area contributed by atoms with Gasteiger partial charge in [0.25, 0.3) is 5.91 Å². The molecule has 0 aliphatic heterocycles. The van der Waals surface area contributed by atoms with Crippen LogP contribution in [0, 0.1) is 15.9 Å². The maximum atomic E-state index is 13.4. The Morgan fingerprint density at radius 1 is 1.19 bits per heavy atom. The van der Waals surface area contributed by atoms with Crippen molar-refractivity contribution in [1.29, 1.82) is 0 Å². The number of nitro groups is 1. The van der Waals surface area contributed by atoms with E-state index in [-0.39, 0.29) is 23.9 Å². The van der Waals surface area contributed by atoms with Crippen molar-refractivity contribution in [1.82, 2.24) is 15.1 Å². The van der Waals surface area contributed by atoms with Gasteiger partial charge in [0.1, 0.15) is 23.0 Å². The number of benzene rings is 2. The second-order valence-electron chi connectivity index (χ2n) is 6.69. The van der Waals surface area contributed by atoms with Crippen molar-refractivity contribution in [3.63, 3.8) is 0 Å². The number of hydrogen-bond donors (Lipinski definition) is 1. The quantitative estimate of drug-likeness (QED) is 0.397. The fraction of sp³-hybridized carbons (Fsp3) is 0.238. The van der Waals surface area contributed by atoms with Gasteiger partial charge in [-0.2, -0.15) is 5.10 Å². The summed E-state index contributed by atoms with van der Waals surface area (Å²) in [5.41, 5.74) is 0.454. The number of amides is 1. The molecule has 0 bridgehead atoms. The van der Waals surface area contributed by atoms with Gasteiger partial charge in [0.15, 0.2) is 6.73 Å². The normalized spacial score (nSPS) is 11.5. The lowest BCUT2D eigenvalue weighted by molar-refractivity contribution is -0.386. The first-order chi connectivity index (χ1) is 15.3. The third-order valence-corrected chi connectivity index (χ3v) is 4.60. The molecule has 0 fully saturated rings. The molecule has 32 heavy (non-hydrogen) atoms. The number of rotatable bonds is 9. The summed E-state index contributed by atoms with van der Waals surface area (Å²) < 4.78 is 30.6. The van der Waals surface area contributed by atoms with Gasteiger partial charge in [-0.3, -0.25) is 14.9 Å². The summed E-state index contributed by atoms with van der Waals surface area (Å²) in [5.74, 6) is -0.148. The summed E-state index contributed by atoms with van der Waals surface area (Å²) >= 11 is 0. The molecule has 3 aromatic rings. The number of ether oxygens (including phenoxy) is 3. The molecule has 0 radical (unpaired) electrons. The number of halogens is 1. The summed E-state index contributed by atoms with van der Waals surface area (Å²) in [4.78, 5) is 23.0. The predicted octanol–water partition coefficient (Wildman–Crippen LogP) is 3.48. The molecule has 1 heterocycles. The highest BCUT2D eigenvalue weighted by atomic mass is 19.1. The third-order valence-electron chi connectivity index (χ3n) is 4.60. The van der Waals surface area contributed by atoms with Crippen molar-refractivity contribution < 1.29 is 28.3 Å². The van der Waals surface area contributed by atoms with Crippen molar-refractivity contribution in [2.24, 2.45) is 0 Å². The maximum Gasteiger partial charge on any atom is 0.311 e. The lowest BCUT2D eigenvalue weighted by Gasteiger charge is -2.17. The monoisotopic (exact) mass is 444 g/mol. The number of hydrogen-bond acceptors (Lipinski definition) is 7. The Morgan fingerprint density at radius 3 is 2.66 bits per heavy atom. The van der Waals surface area contributed by atoms with Crippen molar-refractivity contribution in [3.05, 3.63) is 75.9 Å². The second-order valence-corrected chi connectivity index (χ2v) is 6.69. The minimum Gasteiger partial charge on any atom is -0.497 e. The molecule has 11 heteroatoms. The molecule has 1 atom stereocenters. The number of aromatic nitrogens is 2. The number of nitrogens with zero attached hydrogens (tertiary/aromatic N) is 3. The largest absolute Gasteiger partial charge is 0.497 e. The van der Waals surface area contributed by atoms with Gasteiger partial charge in [0.2, 0.25) is 5.75 Å². The predicted molar refractivity (Wildman–Crippen MR) is 111 cm³/mol. The van der Waals surface area contributed by atoms with E-state index in [2.05, 4.69) is 10.4 Å². The van der Waals surface area contributed by atoms with E-state index >= 15 is 0 Å². The van der Waals surface area contributed by atoms with Crippen LogP contribution in [0.5, 0.6) is 17.2 Å². The van der Waals surface area contributed by atoms with E-state index in [4.69, 9.17) is 14.2 Å². The highest BCUT2D eigenvalue weighted by Crippen LogP contribution is 2.30. The van der Waals surface area contributed by atoms with E-state index in [0.29, 0.717) is 11.5 Å². The average molecular weight is 444 g/mol. The lowest BCUT2D eigenvalue weighted by Crippen LogP contribution is -2.27. The number of carbonyl (C=O) groups is 1. The number of methoxy groups -OCH3 is 2. The van der Waals surface area contributed by atoms with Crippen LogP contribution in [-0.4, -0.2) is 34.8 Å². The fourth-order valence-corrected chi connectivity index (χ4v) is 2.97. The Morgan fingerprint density at radius 2 is 1.97 bits per heavy atom. The average Bonchev–Trinajstić information content (AvgIpc) is 3.26. The summed E-state index contributed by atoms with van der Waals surface area (Å²) in [5, 5.41) is 18.0. The summed E-state index contributed by atoms with van der Waals surface area (Å²) in [6, 6.07) is 9.22. The number of nitrogens with one attached hydrogen (secondary N) is 1. The van der Waals surface area contributed by atoms with Gasteiger partial charge in [-0.1, -0.05) is 0 Å². The molecule has 1 N–H and O–H groups in total. The van der Waals surface area contributed by atoms with Crippen LogP contribution in [0.4, 0.5) is 10.1 Å². The maximum absolute atomic E-state index is 13.4. The van der Waals surface area contributed by atoms with Crippen LogP contribution < -0.4 is 19.5 Å². The van der Waals surface area contributed by atoms with Gasteiger partial charge < -0.3 is 19.5 Å². The van der Waals surface area contributed by atoms with Gasteiger partial charge in [0.05, 0.1) is 25.2 Å². The topological polar surface area (TPSA) is 118 Å². The van der Waals surface area contributed by atoms with Crippen LogP contribution in [0.1, 0.15) is 29.0 Å². The number of nitro benzene ring substituents is 1. The molecule has 0 aliphatic rings. The zero-order chi connectivity index (χ0) is 23.3. The minimum absolute atomic E-state index is 0.107. The van der Waals surface area contributed by atoms with E-state index in [0.717, 1.165) is 23.8 Å².